The standard InChI is InChI=1S/C13H22N2O/c1-10(2)13(9-16-4)14-8-12-7-5-6-11(3)15-12/h5-7,10,13-14H,8-9H2,1-4H3. The van der Waals surface area contributed by atoms with E-state index in [0.717, 1.165) is 24.5 Å². The Kier molecular flexibility index (Phi) is 5.43. The van der Waals surface area contributed by atoms with Crippen LogP contribution in [-0.2, 0) is 11.3 Å². The predicted octanol–water partition coefficient (Wildman–Crippen LogP) is 2.15. The molecule has 0 saturated carbocycles. The molecule has 1 rings (SSSR count). The van der Waals surface area contributed by atoms with E-state index in [9.17, 15) is 0 Å². The number of ether oxygens (including phenoxy) is 1. The molecule has 0 spiro atoms. The molecule has 90 valence electrons. The molecule has 0 aromatic carbocycles. The predicted molar refractivity (Wildman–Crippen MR) is 66.3 cm³/mol. The van der Waals surface area contributed by atoms with Crippen molar-refractivity contribution >= 4 is 0 Å². The maximum atomic E-state index is 5.19. The Morgan fingerprint density at radius 1 is 1.38 bits per heavy atom. The second-order valence-electron chi connectivity index (χ2n) is 4.46. The molecule has 3 nitrogen and oxygen atoms in total. The summed E-state index contributed by atoms with van der Waals surface area (Å²) >= 11 is 0. The van der Waals surface area contributed by atoms with Gasteiger partial charge in [0.15, 0.2) is 0 Å². The highest BCUT2D eigenvalue weighted by Gasteiger charge is 2.12. The number of nitrogens with zero attached hydrogens (tertiary/aromatic N) is 1. The summed E-state index contributed by atoms with van der Waals surface area (Å²) in [4.78, 5) is 4.46. The zero-order chi connectivity index (χ0) is 12.0. The van der Waals surface area contributed by atoms with Gasteiger partial charge in [0, 0.05) is 25.4 Å². The third-order valence-corrected chi connectivity index (χ3v) is 2.64. The summed E-state index contributed by atoms with van der Waals surface area (Å²) in [7, 11) is 1.74. The Morgan fingerprint density at radius 3 is 2.69 bits per heavy atom. The fourth-order valence-electron chi connectivity index (χ4n) is 1.60. The van der Waals surface area contributed by atoms with Gasteiger partial charge in [-0.3, -0.25) is 4.98 Å². The van der Waals surface area contributed by atoms with Crippen LogP contribution in [-0.4, -0.2) is 24.7 Å². The molecular formula is C13H22N2O. The smallest absolute Gasteiger partial charge is 0.0618 e. The monoisotopic (exact) mass is 222 g/mol. The van der Waals surface area contributed by atoms with Gasteiger partial charge in [-0.1, -0.05) is 19.9 Å². The summed E-state index contributed by atoms with van der Waals surface area (Å²) in [5.74, 6) is 0.560. The van der Waals surface area contributed by atoms with Gasteiger partial charge in [-0.2, -0.15) is 0 Å². The summed E-state index contributed by atoms with van der Waals surface area (Å²) in [5, 5.41) is 3.48. The maximum Gasteiger partial charge on any atom is 0.0618 e. The molecule has 3 heteroatoms. The van der Waals surface area contributed by atoms with Crippen molar-refractivity contribution in [1.29, 1.82) is 0 Å². The van der Waals surface area contributed by atoms with Gasteiger partial charge in [0.05, 0.1) is 12.3 Å². The summed E-state index contributed by atoms with van der Waals surface area (Å²) in [6.45, 7) is 7.94. The van der Waals surface area contributed by atoms with Crippen LogP contribution in [0.3, 0.4) is 0 Å². The Balaban J connectivity index is 2.48. The van der Waals surface area contributed by atoms with E-state index in [0.29, 0.717) is 12.0 Å². The molecule has 1 heterocycles. The van der Waals surface area contributed by atoms with Crippen LogP contribution < -0.4 is 5.32 Å². The minimum absolute atomic E-state index is 0.382. The van der Waals surface area contributed by atoms with Crippen LogP contribution in [0.1, 0.15) is 25.2 Å². The van der Waals surface area contributed by atoms with E-state index in [1.165, 1.54) is 0 Å². The van der Waals surface area contributed by atoms with Crippen molar-refractivity contribution in [1.82, 2.24) is 10.3 Å². The molecule has 0 saturated heterocycles. The minimum Gasteiger partial charge on any atom is -0.383 e. The first-order chi connectivity index (χ1) is 7.63. The third kappa shape index (κ3) is 4.29. The van der Waals surface area contributed by atoms with Crippen molar-refractivity contribution < 1.29 is 4.74 Å². The highest BCUT2D eigenvalue weighted by molar-refractivity contribution is 5.09. The fraction of sp³-hybridized carbons (Fsp3) is 0.615. The second-order valence-corrected chi connectivity index (χ2v) is 4.46. The normalized spacial score (nSPS) is 13.1. The van der Waals surface area contributed by atoms with Gasteiger partial charge in [-0.15, -0.1) is 0 Å². The van der Waals surface area contributed by atoms with E-state index >= 15 is 0 Å². The molecule has 1 atom stereocenters. The molecule has 1 N–H and O–H groups in total. The molecule has 0 aliphatic carbocycles. The van der Waals surface area contributed by atoms with Crippen molar-refractivity contribution in [2.24, 2.45) is 5.92 Å². The first-order valence-electron chi connectivity index (χ1n) is 5.78. The molecule has 0 amide bonds. The van der Waals surface area contributed by atoms with Crippen LogP contribution in [0.15, 0.2) is 18.2 Å². The largest absolute Gasteiger partial charge is 0.383 e. The average molecular weight is 222 g/mol. The highest BCUT2D eigenvalue weighted by Crippen LogP contribution is 2.04. The fourth-order valence-corrected chi connectivity index (χ4v) is 1.60. The minimum atomic E-state index is 0.382. The van der Waals surface area contributed by atoms with Crippen molar-refractivity contribution in [2.45, 2.75) is 33.4 Å². The molecule has 1 unspecified atom stereocenters. The SMILES string of the molecule is COCC(NCc1cccc(C)n1)C(C)C. The lowest BCUT2D eigenvalue weighted by Crippen LogP contribution is -2.37. The first kappa shape index (κ1) is 13.1. The van der Waals surface area contributed by atoms with Crippen molar-refractivity contribution in [2.75, 3.05) is 13.7 Å². The van der Waals surface area contributed by atoms with Crippen molar-refractivity contribution in [3.63, 3.8) is 0 Å². The Labute approximate surface area is 98.2 Å². The number of hydrogen-bond donors (Lipinski definition) is 1. The van der Waals surface area contributed by atoms with Crippen LogP contribution in [0, 0.1) is 12.8 Å². The molecule has 0 aliphatic heterocycles. The van der Waals surface area contributed by atoms with E-state index in [2.05, 4.69) is 24.1 Å². The van der Waals surface area contributed by atoms with Crippen LogP contribution >= 0.6 is 0 Å². The van der Waals surface area contributed by atoms with Gasteiger partial charge < -0.3 is 10.1 Å². The summed E-state index contributed by atoms with van der Waals surface area (Å²) < 4.78 is 5.19. The molecular weight excluding hydrogens is 200 g/mol. The Bertz CT molecular complexity index is 313. The highest BCUT2D eigenvalue weighted by atomic mass is 16.5. The zero-order valence-corrected chi connectivity index (χ0v) is 10.7. The number of methoxy groups -OCH3 is 1. The van der Waals surface area contributed by atoms with Gasteiger partial charge in [-0.05, 0) is 25.0 Å². The Morgan fingerprint density at radius 2 is 2.12 bits per heavy atom. The van der Waals surface area contributed by atoms with E-state index in [-0.39, 0.29) is 0 Å². The van der Waals surface area contributed by atoms with Crippen LogP contribution in [0.4, 0.5) is 0 Å². The topological polar surface area (TPSA) is 34.1 Å². The second kappa shape index (κ2) is 6.61. The van der Waals surface area contributed by atoms with Crippen molar-refractivity contribution in [3.8, 4) is 0 Å². The zero-order valence-electron chi connectivity index (χ0n) is 10.7. The quantitative estimate of drug-likeness (QED) is 0.801. The number of pyridine rings is 1. The third-order valence-electron chi connectivity index (χ3n) is 2.64. The summed E-state index contributed by atoms with van der Waals surface area (Å²) in [5.41, 5.74) is 2.15. The van der Waals surface area contributed by atoms with Crippen LogP contribution in [0.2, 0.25) is 0 Å². The molecule has 0 radical (unpaired) electrons. The maximum absolute atomic E-state index is 5.19. The number of hydrogen-bond acceptors (Lipinski definition) is 3. The lowest BCUT2D eigenvalue weighted by atomic mass is 10.1. The van der Waals surface area contributed by atoms with E-state index in [1.807, 2.05) is 25.1 Å². The van der Waals surface area contributed by atoms with Gasteiger partial charge in [0.2, 0.25) is 0 Å². The molecule has 1 aromatic heterocycles. The molecule has 0 aliphatic rings. The van der Waals surface area contributed by atoms with E-state index < -0.39 is 0 Å². The van der Waals surface area contributed by atoms with Crippen molar-refractivity contribution in [3.05, 3.63) is 29.6 Å². The summed E-state index contributed by atoms with van der Waals surface area (Å²) in [6, 6.07) is 6.48. The lowest BCUT2D eigenvalue weighted by Gasteiger charge is -2.21. The first-order valence-corrected chi connectivity index (χ1v) is 5.78. The average Bonchev–Trinajstić information content (AvgIpc) is 2.24. The lowest BCUT2D eigenvalue weighted by molar-refractivity contribution is 0.146. The van der Waals surface area contributed by atoms with Gasteiger partial charge in [-0.25, -0.2) is 0 Å². The number of aromatic nitrogens is 1. The molecule has 16 heavy (non-hydrogen) atoms. The van der Waals surface area contributed by atoms with E-state index in [4.69, 9.17) is 4.74 Å². The number of rotatable bonds is 6. The number of aryl methyl sites for hydroxylation is 1. The van der Waals surface area contributed by atoms with Gasteiger partial charge in [0.25, 0.3) is 0 Å². The van der Waals surface area contributed by atoms with Crippen LogP contribution in [0.5, 0.6) is 0 Å². The van der Waals surface area contributed by atoms with E-state index in [1.54, 1.807) is 7.11 Å². The molecule has 0 bridgehead atoms. The van der Waals surface area contributed by atoms with Gasteiger partial charge in [0.1, 0.15) is 0 Å². The molecule has 0 fully saturated rings. The Hall–Kier alpha value is -0.930. The van der Waals surface area contributed by atoms with Crippen LogP contribution in [0.25, 0.3) is 0 Å². The summed E-state index contributed by atoms with van der Waals surface area (Å²) in [6.07, 6.45) is 0. The number of nitrogens with one attached hydrogen (secondary N) is 1. The van der Waals surface area contributed by atoms with Gasteiger partial charge >= 0.3 is 0 Å². The molecule has 1 aromatic rings.